The van der Waals surface area contributed by atoms with E-state index in [-0.39, 0.29) is 77.4 Å². The molecule has 8 aromatic carbocycles. The molecule has 0 aliphatic carbocycles. The van der Waals surface area contributed by atoms with E-state index in [2.05, 4.69) is 0 Å². The molecule has 4 aromatic heterocycles. The molecule has 0 atom stereocenters. The quantitative estimate of drug-likeness (QED) is 0.175. The summed E-state index contributed by atoms with van der Waals surface area (Å²) in [5.74, 6) is -1.09. The van der Waals surface area contributed by atoms with Gasteiger partial charge in [-0.15, -0.1) is 0 Å². The highest BCUT2D eigenvalue weighted by atomic mass is 16.3. The lowest BCUT2D eigenvalue weighted by Gasteiger charge is -2.12. The van der Waals surface area contributed by atoms with Gasteiger partial charge in [-0.05, 0) is 58.6 Å². The monoisotopic (exact) mass is 748 g/mol. The SMILES string of the molecule is [2H]c1c([2H])c([2H])c(-c2nc(-c3ccc4c(c3)oc3cccc(-c5c([2H])c([2H])c([2H])c([2H])c5[2H])c34)nc(-n3c4c([2H])c([2H])c([2H])c([2H])c4c4c(-c5ccccc5)cc5oc6c([2H])c([2H])c([2H])c([2H])c6c5c43)n2)c([2H])c1[2H]. The second-order valence-electron chi connectivity index (χ2n) is 13.0. The second-order valence-corrected chi connectivity index (χ2v) is 13.0. The van der Waals surface area contributed by atoms with E-state index in [1.54, 1.807) is 66.7 Å². The first kappa shape index (κ1) is 18.7. The Morgan fingerprint density at radius 3 is 1.95 bits per heavy atom. The largest absolute Gasteiger partial charge is 0.456 e. The van der Waals surface area contributed by atoms with Gasteiger partial charge in [0.25, 0.3) is 0 Å². The average molecular weight is 749 g/mol. The minimum Gasteiger partial charge on any atom is -0.456 e. The van der Waals surface area contributed by atoms with Crippen LogP contribution in [0.3, 0.4) is 0 Å². The van der Waals surface area contributed by atoms with E-state index in [0.717, 1.165) is 0 Å². The van der Waals surface area contributed by atoms with Gasteiger partial charge in [-0.25, -0.2) is 4.98 Å². The summed E-state index contributed by atoms with van der Waals surface area (Å²) < 4.78 is 172. The maximum absolute atomic E-state index is 9.54. The lowest BCUT2D eigenvalue weighted by Crippen LogP contribution is -2.06. The first-order chi connectivity index (χ1) is 35.7. The van der Waals surface area contributed by atoms with Crippen molar-refractivity contribution < 1.29 is 33.5 Å². The molecule has 4 heterocycles. The van der Waals surface area contributed by atoms with Crippen molar-refractivity contribution >= 4 is 65.7 Å². The fourth-order valence-corrected chi connectivity index (χ4v) is 7.54. The Morgan fingerprint density at radius 1 is 0.421 bits per heavy atom. The number of hydrogen-bond donors (Lipinski definition) is 0. The highest BCUT2D eigenvalue weighted by molar-refractivity contribution is 6.28. The summed E-state index contributed by atoms with van der Waals surface area (Å²) in [6, 6.07) is 9.49. The predicted molar refractivity (Wildman–Crippen MR) is 230 cm³/mol. The van der Waals surface area contributed by atoms with Gasteiger partial charge in [0.15, 0.2) is 11.6 Å². The number of benzene rings is 8. The summed E-state index contributed by atoms with van der Waals surface area (Å²) in [6.07, 6.45) is 0. The molecule has 266 valence electrons. The van der Waals surface area contributed by atoms with E-state index < -0.39 is 126 Å². The van der Waals surface area contributed by atoms with Gasteiger partial charge in [-0.2, -0.15) is 9.97 Å². The van der Waals surface area contributed by atoms with E-state index in [0.29, 0.717) is 21.9 Å². The Bertz CT molecular complexity index is 4530. The Kier molecular flexibility index (Phi) is 4.04. The Labute approximate surface area is 351 Å². The van der Waals surface area contributed by atoms with Gasteiger partial charge in [0, 0.05) is 38.1 Å². The molecule has 6 nitrogen and oxygen atoms in total. The van der Waals surface area contributed by atoms with Crippen LogP contribution in [-0.2, 0) is 0 Å². The van der Waals surface area contributed by atoms with Crippen LogP contribution in [0.2, 0.25) is 0 Å². The van der Waals surface area contributed by atoms with Gasteiger partial charge >= 0.3 is 0 Å². The molecule has 0 aliphatic heterocycles. The third-order valence-corrected chi connectivity index (χ3v) is 9.90. The molecular formula is C51H30N4O2. The highest BCUT2D eigenvalue weighted by Crippen LogP contribution is 2.46. The van der Waals surface area contributed by atoms with E-state index in [1.165, 1.54) is 10.6 Å². The van der Waals surface area contributed by atoms with E-state index in [9.17, 15) is 4.11 Å². The van der Waals surface area contributed by atoms with Crippen LogP contribution in [0.1, 0.15) is 24.7 Å². The van der Waals surface area contributed by atoms with Crippen molar-refractivity contribution in [3.05, 3.63) is 182 Å². The zero-order chi connectivity index (χ0) is 53.1. The van der Waals surface area contributed by atoms with E-state index in [1.807, 2.05) is 0 Å². The van der Waals surface area contributed by atoms with Crippen molar-refractivity contribution in [2.24, 2.45) is 0 Å². The van der Waals surface area contributed by atoms with E-state index >= 15 is 0 Å². The van der Waals surface area contributed by atoms with Crippen LogP contribution in [0.25, 0.3) is 117 Å². The number of fused-ring (bicyclic) bond motifs is 10. The molecule has 0 radical (unpaired) electrons. The summed E-state index contributed by atoms with van der Waals surface area (Å²) in [5, 5.41) is 0.939. The number of furan rings is 2. The van der Waals surface area contributed by atoms with Gasteiger partial charge in [-0.3, -0.25) is 4.57 Å². The van der Waals surface area contributed by atoms with Gasteiger partial charge in [0.1, 0.15) is 22.3 Å². The summed E-state index contributed by atoms with van der Waals surface area (Å²) in [7, 11) is 0. The maximum Gasteiger partial charge on any atom is 0.238 e. The van der Waals surface area contributed by atoms with Crippen molar-refractivity contribution in [1.29, 1.82) is 0 Å². The standard InChI is InChI=1S/C51H30N4O2/c1-4-15-31(16-5-1)35-23-14-26-42-45(35)38-28-27-34(29-43(38)57-42)50-52-49(33-19-8-3-9-20-33)53-51(54-50)55-40-24-12-10-21-36(40)46-39(32-17-6-2-7-18-32)30-44-47(48(46)55)37-22-11-13-25-41(37)56-44/h1-30H/i1D,3D,4D,5D,8D,9D,10D,11D,12D,13D,15D,16D,19D,20D,21D,22D,24D,25D. The highest BCUT2D eigenvalue weighted by Gasteiger charge is 2.25. The van der Waals surface area contributed by atoms with Gasteiger partial charge in [0.05, 0.1) is 41.1 Å². The van der Waals surface area contributed by atoms with Crippen LogP contribution < -0.4 is 0 Å². The molecule has 0 saturated carbocycles. The molecule has 0 saturated heterocycles. The van der Waals surface area contributed by atoms with Crippen LogP contribution in [0.15, 0.2) is 190 Å². The molecule has 12 aromatic rings. The van der Waals surface area contributed by atoms with Gasteiger partial charge in [-0.1, -0.05) is 145 Å². The molecule has 57 heavy (non-hydrogen) atoms. The Morgan fingerprint density at radius 2 is 1.12 bits per heavy atom. The molecule has 0 amide bonds. The fraction of sp³-hybridized carbons (Fsp3) is 0. The van der Waals surface area contributed by atoms with E-state index in [4.69, 9.17) is 44.3 Å². The third kappa shape index (κ3) is 4.87. The van der Waals surface area contributed by atoms with Crippen molar-refractivity contribution in [2.75, 3.05) is 0 Å². The zero-order valence-corrected chi connectivity index (χ0v) is 29.0. The lowest BCUT2D eigenvalue weighted by molar-refractivity contribution is 0.668. The Hall–Kier alpha value is -7.83. The van der Waals surface area contributed by atoms with Crippen molar-refractivity contribution in [3.63, 3.8) is 0 Å². The lowest BCUT2D eigenvalue weighted by atomic mass is 9.97. The summed E-state index contributed by atoms with van der Waals surface area (Å²) >= 11 is 0. The van der Waals surface area contributed by atoms with Crippen LogP contribution in [0.4, 0.5) is 0 Å². The molecule has 0 N–H and O–H groups in total. The number of nitrogens with zero attached hydrogens (tertiary/aromatic N) is 4. The summed E-state index contributed by atoms with van der Waals surface area (Å²) in [5.41, 5.74) is 0.948. The molecular weight excluding hydrogens is 701 g/mol. The molecule has 0 unspecified atom stereocenters. The third-order valence-electron chi connectivity index (χ3n) is 9.90. The number of rotatable bonds is 5. The van der Waals surface area contributed by atoms with Gasteiger partial charge in [0.2, 0.25) is 5.95 Å². The first-order valence-corrected chi connectivity index (χ1v) is 17.5. The summed E-state index contributed by atoms with van der Waals surface area (Å²) in [6.45, 7) is 0. The smallest absolute Gasteiger partial charge is 0.238 e. The molecule has 0 fully saturated rings. The molecule has 0 bridgehead atoms. The topological polar surface area (TPSA) is 69.9 Å². The second kappa shape index (κ2) is 12.3. The fourth-order valence-electron chi connectivity index (χ4n) is 7.54. The van der Waals surface area contributed by atoms with Gasteiger partial charge < -0.3 is 8.83 Å². The number of aromatic nitrogens is 4. The van der Waals surface area contributed by atoms with Crippen LogP contribution >= 0.6 is 0 Å². The Balaban J connectivity index is 1.25. The van der Waals surface area contributed by atoms with Crippen molar-refractivity contribution in [3.8, 4) is 51.0 Å². The first-order valence-electron chi connectivity index (χ1n) is 26.5. The van der Waals surface area contributed by atoms with Crippen molar-refractivity contribution in [2.45, 2.75) is 0 Å². The summed E-state index contributed by atoms with van der Waals surface area (Å²) in [4.78, 5) is 14.4. The molecule has 12 rings (SSSR count). The van der Waals surface area contributed by atoms with Crippen LogP contribution in [0.5, 0.6) is 0 Å². The molecule has 6 heteroatoms. The number of para-hydroxylation sites is 2. The number of hydrogen-bond acceptors (Lipinski definition) is 5. The predicted octanol–water partition coefficient (Wildman–Crippen LogP) is 13.4. The van der Waals surface area contributed by atoms with Crippen LogP contribution in [0, 0.1) is 0 Å². The normalized spacial score (nSPS) is 16.3. The molecule has 0 spiro atoms. The minimum absolute atomic E-state index is 0.00853. The molecule has 0 aliphatic rings. The van der Waals surface area contributed by atoms with Crippen molar-refractivity contribution in [1.82, 2.24) is 19.5 Å². The maximum atomic E-state index is 9.54. The zero-order valence-electron chi connectivity index (χ0n) is 47.0. The van der Waals surface area contributed by atoms with Crippen LogP contribution in [-0.4, -0.2) is 19.5 Å². The average Bonchev–Trinajstić information content (AvgIpc) is 4.13. The minimum atomic E-state index is -0.715.